The molecule has 0 saturated carbocycles. The minimum Gasteiger partial charge on any atom is -0.397 e. The fourth-order valence-electron chi connectivity index (χ4n) is 4.19. The monoisotopic (exact) mass is 521 g/mol. The number of nitrogens with two attached hydrogens (primary N) is 1. The third kappa shape index (κ3) is 5.77. The molecule has 0 radical (unpaired) electrons. The van der Waals surface area contributed by atoms with Gasteiger partial charge in [0.2, 0.25) is 5.95 Å². The van der Waals surface area contributed by atoms with E-state index >= 15 is 0 Å². The second kappa shape index (κ2) is 10.7. The zero-order valence-electron chi connectivity index (χ0n) is 21.8. The van der Waals surface area contributed by atoms with E-state index in [2.05, 4.69) is 44.4 Å². The number of hydrogen-bond acceptors (Lipinski definition) is 6. The molecule has 0 aliphatic heterocycles. The van der Waals surface area contributed by atoms with Crippen molar-refractivity contribution in [1.82, 2.24) is 19.9 Å². The van der Waals surface area contributed by atoms with Crippen LogP contribution in [0.5, 0.6) is 0 Å². The summed E-state index contributed by atoms with van der Waals surface area (Å²) in [5.41, 5.74) is 12.4. The number of aryl methyl sites for hydroxylation is 1. The van der Waals surface area contributed by atoms with E-state index in [0.717, 1.165) is 39.7 Å². The summed E-state index contributed by atoms with van der Waals surface area (Å²) in [4.78, 5) is 29.8. The molecule has 0 fully saturated rings. The van der Waals surface area contributed by atoms with E-state index < -0.39 is 0 Å². The lowest BCUT2D eigenvalue weighted by Gasteiger charge is -2.12. The number of carbonyl (C=O) groups excluding carboxylic acids is 1. The highest BCUT2D eigenvalue weighted by molar-refractivity contribution is 6.06. The molecule has 0 unspecified atom stereocenters. The van der Waals surface area contributed by atoms with Crippen LogP contribution in [0.25, 0.3) is 22.5 Å². The third-order valence-electron chi connectivity index (χ3n) is 6.21. The molecule has 0 spiro atoms. The molecule has 0 aliphatic carbocycles. The quantitative estimate of drug-likeness (QED) is 0.177. The molecule has 3 aromatic carbocycles. The summed E-state index contributed by atoms with van der Waals surface area (Å²) < 4.78 is 13.3. The number of carbonyl (C=O) groups is 1. The molecule has 1 amide bonds. The van der Waals surface area contributed by atoms with Crippen LogP contribution in [-0.2, 0) is 0 Å². The van der Waals surface area contributed by atoms with E-state index in [0.29, 0.717) is 22.9 Å². The number of H-pyrrole nitrogens is 1. The highest BCUT2D eigenvalue weighted by Crippen LogP contribution is 2.29. The summed E-state index contributed by atoms with van der Waals surface area (Å²) in [7, 11) is 0. The highest BCUT2D eigenvalue weighted by atomic mass is 19.1. The molecule has 0 bridgehead atoms. The number of nitrogen functional groups attached to an aromatic ring is 1. The van der Waals surface area contributed by atoms with E-state index in [-0.39, 0.29) is 17.6 Å². The maximum absolute atomic E-state index is 13.3. The Bertz CT molecular complexity index is 1630. The van der Waals surface area contributed by atoms with Gasteiger partial charge in [-0.1, -0.05) is 32.0 Å². The summed E-state index contributed by atoms with van der Waals surface area (Å²) in [6.07, 6.45) is 1.69. The third-order valence-corrected chi connectivity index (χ3v) is 6.21. The predicted molar refractivity (Wildman–Crippen MR) is 152 cm³/mol. The number of amides is 1. The number of anilines is 4. The molecule has 5 aromatic rings. The second-order valence-corrected chi connectivity index (χ2v) is 9.47. The molecule has 0 atom stereocenters. The van der Waals surface area contributed by atoms with Crippen LogP contribution in [-0.4, -0.2) is 25.8 Å². The Morgan fingerprint density at radius 1 is 0.949 bits per heavy atom. The molecule has 8 nitrogen and oxygen atoms in total. The second-order valence-electron chi connectivity index (χ2n) is 9.47. The number of nitrogens with zero attached hydrogens (tertiary/aromatic N) is 3. The van der Waals surface area contributed by atoms with Gasteiger partial charge in [-0.15, -0.1) is 0 Å². The van der Waals surface area contributed by atoms with Gasteiger partial charge in [0.1, 0.15) is 17.3 Å². The summed E-state index contributed by atoms with van der Waals surface area (Å²) in [5, 5.41) is 6.05. The molecule has 0 aliphatic rings. The van der Waals surface area contributed by atoms with E-state index in [1.54, 1.807) is 54.7 Å². The maximum atomic E-state index is 13.3. The number of benzene rings is 3. The SMILES string of the molecule is Cc1nc(-c2ccnc(Nc3ccc(C(=O)Nc4cc(-c5ccc(F)cc5)ccc4N)cc3)n2)c(C(C)C)[nH]1. The van der Waals surface area contributed by atoms with Gasteiger partial charge in [0.15, 0.2) is 0 Å². The minimum absolute atomic E-state index is 0.270. The Labute approximate surface area is 225 Å². The van der Waals surface area contributed by atoms with Gasteiger partial charge >= 0.3 is 0 Å². The van der Waals surface area contributed by atoms with E-state index in [1.807, 2.05) is 19.1 Å². The zero-order chi connectivity index (χ0) is 27.5. The Morgan fingerprint density at radius 2 is 1.67 bits per heavy atom. The minimum atomic E-state index is -0.312. The number of aromatic amines is 1. The standard InChI is InChI=1S/C30H28FN7O/c1-17(2)27-28(35-18(3)34-27)25-14-15-33-30(38-25)36-23-11-6-20(7-12-23)29(39)37-26-16-21(8-13-24(26)32)19-4-9-22(31)10-5-19/h4-17H,32H2,1-3H3,(H,34,35)(H,37,39)(H,33,36,38). The Balaban J connectivity index is 1.29. The number of hydrogen-bond donors (Lipinski definition) is 4. The first kappa shape index (κ1) is 25.6. The molecular weight excluding hydrogens is 493 g/mol. The van der Waals surface area contributed by atoms with Crippen LogP contribution >= 0.6 is 0 Å². The first-order chi connectivity index (χ1) is 18.8. The first-order valence-corrected chi connectivity index (χ1v) is 12.5. The van der Waals surface area contributed by atoms with Gasteiger partial charge < -0.3 is 21.4 Å². The first-order valence-electron chi connectivity index (χ1n) is 12.5. The summed E-state index contributed by atoms with van der Waals surface area (Å²) in [6, 6.07) is 20.2. The van der Waals surface area contributed by atoms with Crippen LogP contribution in [0.2, 0.25) is 0 Å². The molecule has 9 heteroatoms. The molecule has 5 N–H and O–H groups in total. The number of halogens is 1. The fourth-order valence-corrected chi connectivity index (χ4v) is 4.19. The molecule has 2 aromatic heterocycles. The normalized spacial score (nSPS) is 11.0. The van der Waals surface area contributed by atoms with Gasteiger partial charge in [0, 0.05) is 23.1 Å². The average Bonchev–Trinajstić information content (AvgIpc) is 3.33. The van der Waals surface area contributed by atoms with E-state index in [9.17, 15) is 9.18 Å². The van der Waals surface area contributed by atoms with Crippen molar-refractivity contribution >= 4 is 28.9 Å². The van der Waals surface area contributed by atoms with Gasteiger partial charge in [0.25, 0.3) is 5.91 Å². The van der Waals surface area contributed by atoms with Crippen molar-refractivity contribution in [3.05, 3.63) is 102 Å². The van der Waals surface area contributed by atoms with E-state index in [4.69, 9.17) is 5.73 Å². The van der Waals surface area contributed by atoms with Crippen LogP contribution in [0, 0.1) is 12.7 Å². The lowest BCUT2D eigenvalue weighted by Crippen LogP contribution is -2.13. The van der Waals surface area contributed by atoms with Crippen molar-refractivity contribution < 1.29 is 9.18 Å². The molecule has 39 heavy (non-hydrogen) atoms. The molecule has 196 valence electrons. The van der Waals surface area contributed by atoms with Crippen molar-refractivity contribution in [3.63, 3.8) is 0 Å². The number of aromatic nitrogens is 4. The molecule has 0 saturated heterocycles. The van der Waals surface area contributed by atoms with Crippen molar-refractivity contribution in [3.8, 4) is 22.5 Å². The van der Waals surface area contributed by atoms with Gasteiger partial charge in [0.05, 0.1) is 17.1 Å². The zero-order valence-corrected chi connectivity index (χ0v) is 21.8. The summed E-state index contributed by atoms with van der Waals surface area (Å²) in [5.74, 6) is 0.905. The van der Waals surface area contributed by atoms with Crippen LogP contribution < -0.4 is 16.4 Å². The van der Waals surface area contributed by atoms with Crippen LogP contribution in [0.15, 0.2) is 79.0 Å². The van der Waals surface area contributed by atoms with Crippen molar-refractivity contribution in [2.75, 3.05) is 16.4 Å². The highest BCUT2D eigenvalue weighted by Gasteiger charge is 2.16. The Hall–Kier alpha value is -5.05. The van der Waals surface area contributed by atoms with Crippen LogP contribution in [0.3, 0.4) is 0 Å². The van der Waals surface area contributed by atoms with Crippen molar-refractivity contribution in [1.29, 1.82) is 0 Å². The lowest BCUT2D eigenvalue weighted by atomic mass is 10.0. The number of rotatable bonds is 7. The van der Waals surface area contributed by atoms with Gasteiger partial charge in [-0.05, 0) is 78.6 Å². The van der Waals surface area contributed by atoms with Gasteiger partial charge in [-0.25, -0.2) is 19.3 Å². The Kier molecular flexibility index (Phi) is 7.05. The Morgan fingerprint density at radius 3 is 2.38 bits per heavy atom. The summed E-state index contributed by atoms with van der Waals surface area (Å²) >= 11 is 0. The number of imidazole rings is 1. The maximum Gasteiger partial charge on any atom is 0.255 e. The topological polar surface area (TPSA) is 122 Å². The largest absolute Gasteiger partial charge is 0.397 e. The van der Waals surface area contributed by atoms with Crippen LogP contribution in [0.1, 0.15) is 41.6 Å². The summed E-state index contributed by atoms with van der Waals surface area (Å²) in [6.45, 7) is 6.13. The molecule has 5 rings (SSSR count). The van der Waals surface area contributed by atoms with Crippen molar-refractivity contribution in [2.45, 2.75) is 26.7 Å². The molecular formula is C30H28FN7O. The van der Waals surface area contributed by atoms with Crippen LogP contribution in [0.4, 0.5) is 27.4 Å². The predicted octanol–water partition coefficient (Wildman–Crippen LogP) is 6.68. The van der Waals surface area contributed by atoms with Gasteiger partial charge in [-0.3, -0.25) is 4.79 Å². The average molecular weight is 522 g/mol. The lowest BCUT2D eigenvalue weighted by molar-refractivity contribution is 0.102. The van der Waals surface area contributed by atoms with Crippen molar-refractivity contribution in [2.24, 2.45) is 0 Å². The number of nitrogens with one attached hydrogen (secondary N) is 3. The van der Waals surface area contributed by atoms with E-state index in [1.165, 1.54) is 12.1 Å². The smallest absolute Gasteiger partial charge is 0.255 e. The fraction of sp³-hybridized carbons (Fsp3) is 0.133. The molecule has 2 heterocycles. The van der Waals surface area contributed by atoms with Gasteiger partial charge in [-0.2, -0.15) is 0 Å².